The first kappa shape index (κ1) is 12.6. The Bertz CT molecular complexity index is 597. The molecule has 96 valence electrons. The van der Waals surface area contributed by atoms with Gasteiger partial charge in [0.15, 0.2) is 0 Å². The summed E-state index contributed by atoms with van der Waals surface area (Å²) in [4.78, 5) is 19.4. The molecule has 0 bridgehead atoms. The van der Waals surface area contributed by atoms with Crippen LogP contribution in [0.5, 0.6) is 0 Å². The summed E-state index contributed by atoms with van der Waals surface area (Å²) in [5.41, 5.74) is 0.686. The molecule has 0 saturated carbocycles. The number of hydrogen-bond acceptors (Lipinski definition) is 6. The smallest absolute Gasteiger partial charge is 0.328 e. The van der Waals surface area contributed by atoms with E-state index >= 15 is 0 Å². The molecule has 8 heteroatoms. The highest BCUT2D eigenvalue weighted by molar-refractivity contribution is 6.30. The lowest BCUT2D eigenvalue weighted by atomic mass is 10.3. The molecule has 2 rings (SSSR count). The third-order valence-electron chi connectivity index (χ3n) is 2.51. The monoisotopic (exact) mass is 269 g/mol. The van der Waals surface area contributed by atoms with Crippen molar-refractivity contribution < 1.29 is 9.53 Å². The SMILES string of the molecule is COC(=O)C(C)Nc1c(C)c(Cl)nc2ncnn12. The average Bonchev–Trinajstić information content (AvgIpc) is 2.81. The molecule has 2 aromatic heterocycles. The van der Waals surface area contributed by atoms with Gasteiger partial charge in [0.25, 0.3) is 5.78 Å². The van der Waals surface area contributed by atoms with Gasteiger partial charge in [-0.3, -0.25) is 0 Å². The number of esters is 1. The highest BCUT2D eigenvalue weighted by Gasteiger charge is 2.18. The number of nitrogens with zero attached hydrogens (tertiary/aromatic N) is 4. The Balaban J connectivity index is 2.46. The number of halogens is 1. The quantitative estimate of drug-likeness (QED) is 0.663. The van der Waals surface area contributed by atoms with Crippen molar-refractivity contribution in [1.29, 1.82) is 0 Å². The average molecular weight is 270 g/mol. The molecule has 0 aliphatic carbocycles. The summed E-state index contributed by atoms with van der Waals surface area (Å²) in [5.74, 6) is 0.557. The molecule has 18 heavy (non-hydrogen) atoms. The van der Waals surface area contributed by atoms with E-state index in [2.05, 4.69) is 25.1 Å². The fourth-order valence-electron chi connectivity index (χ4n) is 1.51. The fourth-order valence-corrected chi connectivity index (χ4v) is 1.67. The van der Waals surface area contributed by atoms with Crippen LogP contribution >= 0.6 is 11.6 Å². The molecule has 0 saturated heterocycles. The van der Waals surface area contributed by atoms with Gasteiger partial charge in [0, 0.05) is 5.56 Å². The van der Waals surface area contributed by atoms with Crippen molar-refractivity contribution in [2.24, 2.45) is 0 Å². The summed E-state index contributed by atoms with van der Waals surface area (Å²) < 4.78 is 6.14. The normalized spacial score (nSPS) is 12.4. The number of carbonyl (C=O) groups excluding carboxylic acids is 1. The number of methoxy groups -OCH3 is 1. The highest BCUT2D eigenvalue weighted by atomic mass is 35.5. The minimum Gasteiger partial charge on any atom is -0.467 e. The second kappa shape index (κ2) is 4.77. The predicted molar refractivity (Wildman–Crippen MR) is 65.6 cm³/mol. The lowest BCUT2D eigenvalue weighted by molar-refractivity contribution is -0.141. The molecule has 0 aromatic carbocycles. The molecule has 0 spiro atoms. The zero-order valence-electron chi connectivity index (χ0n) is 10.1. The number of ether oxygens (including phenoxy) is 1. The van der Waals surface area contributed by atoms with Crippen LogP contribution < -0.4 is 5.32 Å². The second-order valence-electron chi connectivity index (χ2n) is 3.74. The molecule has 0 amide bonds. The number of hydrogen-bond donors (Lipinski definition) is 1. The van der Waals surface area contributed by atoms with Crippen LogP contribution in [0.2, 0.25) is 5.15 Å². The van der Waals surface area contributed by atoms with E-state index in [1.807, 2.05) is 0 Å². The summed E-state index contributed by atoms with van der Waals surface area (Å²) in [5, 5.41) is 7.34. The van der Waals surface area contributed by atoms with Gasteiger partial charge < -0.3 is 10.1 Å². The van der Waals surface area contributed by atoms with Crippen LogP contribution in [0.4, 0.5) is 5.82 Å². The third-order valence-corrected chi connectivity index (χ3v) is 2.88. The van der Waals surface area contributed by atoms with Gasteiger partial charge in [0.1, 0.15) is 23.3 Å². The van der Waals surface area contributed by atoms with Gasteiger partial charge >= 0.3 is 5.97 Å². The van der Waals surface area contributed by atoms with Crippen molar-refractivity contribution in [3.8, 4) is 0 Å². The fraction of sp³-hybridized carbons (Fsp3) is 0.400. The van der Waals surface area contributed by atoms with Crippen molar-refractivity contribution in [3.05, 3.63) is 17.0 Å². The van der Waals surface area contributed by atoms with Gasteiger partial charge in [0.05, 0.1) is 7.11 Å². The molecular formula is C10H12ClN5O2. The standard InChI is InChI=1S/C10H12ClN5O2/c1-5-7(11)15-10-12-4-13-16(10)8(5)14-6(2)9(17)18-3/h4,6,14H,1-3H3. The van der Waals surface area contributed by atoms with Crippen LogP contribution in [0.25, 0.3) is 5.78 Å². The number of fused-ring (bicyclic) bond motifs is 1. The number of aromatic nitrogens is 4. The predicted octanol–water partition coefficient (Wildman–Crippen LogP) is 1.06. The largest absolute Gasteiger partial charge is 0.467 e. The Morgan fingerprint density at radius 3 is 3.00 bits per heavy atom. The van der Waals surface area contributed by atoms with E-state index in [4.69, 9.17) is 11.6 Å². The molecule has 0 aliphatic rings. The van der Waals surface area contributed by atoms with Crippen LogP contribution in [0.3, 0.4) is 0 Å². The summed E-state index contributed by atoms with van der Waals surface area (Å²) in [6, 6.07) is -0.528. The van der Waals surface area contributed by atoms with Crippen LogP contribution in [0.15, 0.2) is 6.33 Å². The van der Waals surface area contributed by atoms with E-state index in [-0.39, 0.29) is 5.97 Å². The Kier molecular flexibility index (Phi) is 3.33. The minimum atomic E-state index is -0.528. The summed E-state index contributed by atoms with van der Waals surface area (Å²) in [7, 11) is 1.33. The van der Waals surface area contributed by atoms with E-state index < -0.39 is 6.04 Å². The molecule has 0 aliphatic heterocycles. The van der Waals surface area contributed by atoms with E-state index in [0.29, 0.717) is 22.3 Å². The Morgan fingerprint density at radius 2 is 2.33 bits per heavy atom. The van der Waals surface area contributed by atoms with Crippen LogP contribution in [-0.2, 0) is 9.53 Å². The van der Waals surface area contributed by atoms with Crippen molar-refractivity contribution in [3.63, 3.8) is 0 Å². The number of carbonyl (C=O) groups is 1. The molecule has 0 fully saturated rings. The summed E-state index contributed by atoms with van der Waals surface area (Å²) in [6.07, 6.45) is 1.37. The number of nitrogens with one attached hydrogen (secondary N) is 1. The van der Waals surface area contributed by atoms with E-state index in [9.17, 15) is 4.79 Å². The van der Waals surface area contributed by atoms with E-state index in [1.165, 1.54) is 18.0 Å². The van der Waals surface area contributed by atoms with Gasteiger partial charge in [0.2, 0.25) is 0 Å². The molecule has 7 nitrogen and oxygen atoms in total. The van der Waals surface area contributed by atoms with Gasteiger partial charge in [-0.2, -0.15) is 19.6 Å². The topological polar surface area (TPSA) is 81.4 Å². The Labute approximate surface area is 108 Å². The van der Waals surface area contributed by atoms with Crippen molar-refractivity contribution in [2.45, 2.75) is 19.9 Å². The molecular weight excluding hydrogens is 258 g/mol. The lowest BCUT2D eigenvalue weighted by Gasteiger charge is -2.15. The van der Waals surface area contributed by atoms with E-state index in [0.717, 1.165) is 0 Å². The van der Waals surface area contributed by atoms with Gasteiger partial charge in [-0.1, -0.05) is 11.6 Å². The maximum absolute atomic E-state index is 11.4. The first-order chi connectivity index (χ1) is 8.54. The second-order valence-corrected chi connectivity index (χ2v) is 4.10. The minimum absolute atomic E-state index is 0.315. The van der Waals surface area contributed by atoms with Gasteiger partial charge in [-0.05, 0) is 13.8 Å². The first-order valence-electron chi connectivity index (χ1n) is 5.24. The highest BCUT2D eigenvalue weighted by Crippen LogP contribution is 2.22. The third kappa shape index (κ3) is 2.08. The summed E-state index contributed by atoms with van der Waals surface area (Å²) in [6.45, 7) is 3.46. The molecule has 0 radical (unpaired) electrons. The molecule has 2 heterocycles. The van der Waals surface area contributed by atoms with Crippen LogP contribution in [-0.4, -0.2) is 38.7 Å². The zero-order chi connectivity index (χ0) is 13.3. The molecule has 1 N–H and O–H groups in total. The lowest BCUT2D eigenvalue weighted by Crippen LogP contribution is -2.28. The van der Waals surface area contributed by atoms with Crippen molar-refractivity contribution in [2.75, 3.05) is 12.4 Å². The van der Waals surface area contributed by atoms with E-state index in [1.54, 1.807) is 13.8 Å². The van der Waals surface area contributed by atoms with Crippen LogP contribution in [0, 0.1) is 6.92 Å². The molecule has 1 unspecified atom stereocenters. The summed E-state index contributed by atoms with van der Waals surface area (Å²) >= 11 is 6.00. The molecule has 2 aromatic rings. The first-order valence-corrected chi connectivity index (χ1v) is 5.62. The number of anilines is 1. The Hall–Kier alpha value is -1.89. The Morgan fingerprint density at radius 1 is 1.61 bits per heavy atom. The molecule has 1 atom stereocenters. The zero-order valence-corrected chi connectivity index (χ0v) is 10.9. The number of rotatable bonds is 3. The van der Waals surface area contributed by atoms with Crippen molar-refractivity contribution in [1.82, 2.24) is 19.6 Å². The maximum atomic E-state index is 11.4. The van der Waals surface area contributed by atoms with Gasteiger partial charge in [-0.15, -0.1) is 0 Å². The van der Waals surface area contributed by atoms with Crippen LogP contribution in [0.1, 0.15) is 12.5 Å². The maximum Gasteiger partial charge on any atom is 0.328 e. The van der Waals surface area contributed by atoms with Gasteiger partial charge in [-0.25, -0.2) is 4.79 Å². The van der Waals surface area contributed by atoms with Crippen molar-refractivity contribution >= 4 is 29.2 Å².